The van der Waals surface area contributed by atoms with Crippen molar-refractivity contribution >= 4 is 22.7 Å². The standard InChI is InChI=1S/C43H54N4O4/c48-37(32-51-41-26-11-24-39-38(41)23-12-27-44-39)31-46-28-8-7-25-40(46)43(50)47-29-13-20-35(30-47)42(49)45-36(21-9-18-33-14-3-1-4-15-33)22-10-19-34-16-5-2-6-17-34/h1-6,11-12,14-17,23-24,26-27,35-37,40,48H,7-10,13,18-22,25,28-32H2,(H,45,49)/t35?,37-,40?/m1/s1. The average molecular weight is 691 g/mol. The Balaban J connectivity index is 1.02. The molecule has 2 saturated heterocycles. The fourth-order valence-corrected chi connectivity index (χ4v) is 7.80. The molecule has 2 aliphatic rings. The summed E-state index contributed by atoms with van der Waals surface area (Å²) in [6.07, 6.45) is 11.3. The van der Waals surface area contributed by atoms with Crippen LogP contribution >= 0.6 is 0 Å². The van der Waals surface area contributed by atoms with Crippen LogP contribution in [0.5, 0.6) is 5.75 Å². The van der Waals surface area contributed by atoms with E-state index in [0.29, 0.717) is 25.4 Å². The van der Waals surface area contributed by atoms with Crippen LogP contribution in [0.15, 0.2) is 97.2 Å². The third-order valence-corrected chi connectivity index (χ3v) is 10.6. The summed E-state index contributed by atoms with van der Waals surface area (Å²) >= 11 is 0. The topological polar surface area (TPSA) is 95.0 Å². The Labute approximate surface area is 303 Å². The molecule has 4 aromatic rings. The number of aliphatic hydroxyl groups excluding tert-OH is 1. The average Bonchev–Trinajstić information content (AvgIpc) is 3.18. The van der Waals surface area contributed by atoms with Crippen LogP contribution in [-0.4, -0.2) is 82.7 Å². The molecule has 2 aliphatic heterocycles. The second-order valence-corrected chi connectivity index (χ2v) is 14.4. The third kappa shape index (κ3) is 10.6. The highest BCUT2D eigenvalue weighted by Crippen LogP contribution is 2.26. The van der Waals surface area contributed by atoms with Crippen LogP contribution in [-0.2, 0) is 22.4 Å². The van der Waals surface area contributed by atoms with Crippen molar-refractivity contribution in [2.24, 2.45) is 5.92 Å². The van der Waals surface area contributed by atoms with Gasteiger partial charge in [-0.2, -0.15) is 0 Å². The number of aromatic nitrogens is 1. The van der Waals surface area contributed by atoms with E-state index >= 15 is 0 Å². The monoisotopic (exact) mass is 690 g/mol. The first-order valence-electron chi connectivity index (χ1n) is 19.1. The number of nitrogens with one attached hydrogen (secondary N) is 1. The van der Waals surface area contributed by atoms with E-state index < -0.39 is 6.10 Å². The van der Waals surface area contributed by atoms with Crippen molar-refractivity contribution in [3.8, 4) is 5.75 Å². The Morgan fingerprint density at radius 2 is 1.55 bits per heavy atom. The highest BCUT2D eigenvalue weighted by atomic mass is 16.5. The van der Waals surface area contributed by atoms with E-state index in [1.807, 2.05) is 47.4 Å². The number of amides is 2. The van der Waals surface area contributed by atoms with Gasteiger partial charge in [-0.15, -0.1) is 0 Å². The van der Waals surface area contributed by atoms with Gasteiger partial charge in [-0.1, -0.05) is 73.2 Å². The fraction of sp³-hybridized carbons (Fsp3) is 0.465. The van der Waals surface area contributed by atoms with Crippen molar-refractivity contribution < 1.29 is 19.4 Å². The molecular formula is C43H54N4O4. The predicted molar refractivity (Wildman–Crippen MR) is 202 cm³/mol. The number of hydrogen-bond donors (Lipinski definition) is 2. The molecule has 0 saturated carbocycles. The van der Waals surface area contributed by atoms with Crippen molar-refractivity contribution in [3.63, 3.8) is 0 Å². The summed E-state index contributed by atoms with van der Waals surface area (Å²) in [5.74, 6) is 0.647. The van der Waals surface area contributed by atoms with Gasteiger partial charge < -0.3 is 20.1 Å². The van der Waals surface area contributed by atoms with E-state index in [4.69, 9.17) is 4.74 Å². The summed E-state index contributed by atoms with van der Waals surface area (Å²) in [5.41, 5.74) is 3.50. The zero-order chi connectivity index (χ0) is 35.3. The van der Waals surface area contributed by atoms with Crippen LogP contribution in [0.3, 0.4) is 0 Å². The highest BCUT2D eigenvalue weighted by molar-refractivity contribution is 5.85. The maximum atomic E-state index is 14.0. The van der Waals surface area contributed by atoms with Gasteiger partial charge in [0.15, 0.2) is 0 Å². The minimum atomic E-state index is -0.745. The van der Waals surface area contributed by atoms with E-state index in [0.717, 1.165) is 88.1 Å². The number of carbonyl (C=O) groups excluding carboxylic acids is 2. The minimum Gasteiger partial charge on any atom is -0.490 e. The number of piperidine rings is 2. The van der Waals surface area contributed by atoms with Crippen molar-refractivity contribution in [1.29, 1.82) is 0 Å². The van der Waals surface area contributed by atoms with Crippen LogP contribution in [0.4, 0.5) is 0 Å². The molecule has 3 atom stereocenters. The zero-order valence-corrected chi connectivity index (χ0v) is 29.9. The quantitative estimate of drug-likeness (QED) is 0.138. The number of β-amino-alcohol motifs (C(OH)–C–C–N with tert-alkyl or cyclic N) is 1. The van der Waals surface area contributed by atoms with Crippen molar-refractivity contribution in [2.75, 3.05) is 32.8 Å². The molecular weight excluding hydrogens is 636 g/mol. The smallest absolute Gasteiger partial charge is 0.239 e. The highest BCUT2D eigenvalue weighted by Gasteiger charge is 2.36. The van der Waals surface area contributed by atoms with Gasteiger partial charge >= 0.3 is 0 Å². The van der Waals surface area contributed by atoms with Gasteiger partial charge in [0, 0.05) is 37.3 Å². The zero-order valence-electron chi connectivity index (χ0n) is 29.9. The van der Waals surface area contributed by atoms with Crippen LogP contribution in [0.1, 0.15) is 68.9 Å². The predicted octanol–water partition coefficient (Wildman–Crippen LogP) is 6.60. The molecule has 0 bridgehead atoms. The molecule has 51 heavy (non-hydrogen) atoms. The molecule has 1 aromatic heterocycles. The Hall–Kier alpha value is -4.27. The van der Waals surface area contributed by atoms with Crippen molar-refractivity contribution in [2.45, 2.75) is 88.8 Å². The van der Waals surface area contributed by atoms with Crippen molar-refractivity contribution in [3.05, 3.63) is 108 Å². The van der Waals surface area contributed by atoms with Crippen LogP contribution in [0.2, 0.25) is 0 Å². The van der Waals surface area contributed by atoms with Gasteiger partial charge in [0.1, 0.15) is 18.5 Å². The number of pyridine rings is 1. The maximum absolute atomic E-state index is 14.0. The lowest BCUT2D eigenvalue weighted by Crippen LogP contribution is -2.56. The number of fused-ring (bicyclic) bond motifs is 1. The number of carbonyl (C=O) groups is 2. The Morgan fingerprint density at radius 1 is 0.824 bits per heavy atom. The van der Waals surface area contributed by atoms with Crippen LogP contribution in [0.25, 0.3) is 10.9 Å². The van der Waals surface area contributed by atoms with Gasteiger partial charge in [-0.25, -0.2) is 0 Å². The molecule has 0 radical (unpaired) electrons. The number of aryl methyl sites for hydroxylation is 2. The Kier molecular flexibility index (Phi) is 13.5. The van der Waals surface area contributed by atoms with Gasteiger partial charge in [0.05, 0.1) is 17.5 Å². The molecule has 3 heterocycles. The van der Waals surface area contributed by atoms with E-state index in [1.165, 1.54) is 11.1 Å². The van der Waals surface area contributed by atoms with Crippen LogP contribution < -0.4 is 10.1 Å². The SMILES string of the molecule is O=C(NC(CCCc1ccccc1)CCCc1ccccc1)C1CCCN(C(=O)C2CCCCN2C[C@@H](O)COc2cccc3ncccc23)C1. The van der Waals surface area contributed by atoms with E-state index in [2.05, 4.69) is 63.7 Å². The molecule has 270 valence electrons. The minimum absolute atomic E-state index is 0.0774. The second kappa shape index (κ2) is 18.8. The first kappa shape index (κ1) is 36.5. The van der Waals surface area contributed by atoms with E-state index in [9.17, 15) is 14.7 Å². The number of ether oxygens (including phenoxy) is 1. The summed E-state index contributed by atoms with van der Waals surface area (Å²) in [7, 11) is 0. The molecule has 2 amide bonds. The third-order valence-electron chi connectivity index (χ3n) is 10.6. The van der Waals surface area contributed by atoms with Crippen LogP contribution in [0, 0.1) is 5.92 Å². The molecule has 6 rings (SSSR count). The first-order chi connectivity index (χ1) is 25.0. The summed E-state index contributed by atoms with van der Waals surface area (Å²) in [6.45, 7) is 2.39. The molecule has 8 heteroatoms. The molecule has 3 aromatic carbocycles. The largest absolute Gasteiger partial charge is 0.490 e. The molecule has 0 spiro atoms. The summed E-state index contributed by atoms with van der Waals surface area (Å²) in [6, 6.07) is 30.5. The van der Waals surface area contributed by atoms with Gasteiger partial charge in [0.25, 0.3) is 0 Å². The second-order valence-electron chi connectivity index (χ2n) is 14.4. The lowest BCUT2D eigenvalue weighted by atomic mass is 9.93. The lowest BCUT2D eigenvalue weighted by Gasteiger charge is -2.40. The molecule has 0 aliphatic carbocycles. The number of rotatable bonds is 16. The Bertz CT molecular complexity index is 1620. The maximum Gasteiger partial charge on any atom is 0.239 e. The number of nitrogens with zero attached hydrogens (tertiary/aromatic N) is 3. The van der Waals surface area contributed by atoms with Gasteiger partial charge in [-0.3, -0.25) is 19.5 Å². The molecule has 8 nitrogen and oxygen atoms in total. The number of hydrogen-bond acceptors (Lipinski definition) is 6. The summed E-state index contributed by atoms with van der Waals surface area (Å²) in [4.78, 5) is 36.3. The van der Waals surface area contributed by atoms with Gasteiger partial charge in [-0.05, 0) is 106 Å². The Morgan fingerprint density at radius 3 is 2.27 bits per heavy atom. The van der Waals surface area contributed by atoms with Crippen molar-refractivity contribution in [1.82, 2.24) is 20.1 Å². The fourth-order valence-electron chi connectivity index (χ4n) is 7.80. The summed E-state index contributed by atoms with van der Waals surface area (Å²) < 4.78 is 6.04. The number of benzene rings is 3. The lowest BCUT2D eigenvalue weighted by molar-refractivity contribution is -0.142. The van der Waals surface area contributed by atoms with E-state index in [1.54, 1.807) is 6.20 Å². The summed E-state index contributed by atoms with van der Waals surface area (Å²) in [5, 5.41) is 15.4. The molecule has 2 N–H and O–H groups in total. The normalized spacial score (nSPS) is 18.8. The molecule has 2 unspecified atom stereocenters. The number of likely N-dealkylation sites (tertiary alicyclic amines) is 2. The first-order valence-corrected chi connectivity index (χ1v) is 19.1. The van der Waals surface area contributed by atoms with E-state index in [-0.39, 0.29) is 36.4 Å². The van der Waals surface area contributed by atoms with Gasteiger partial charge in [0.2, 0.25) is 11.8 Å². The molecule has 2 fully saturated rings. The number of aliphatic hydroxyl groups is 1.